The predicted octanol–water partition coefficient (Wildman–Crippen LogP) is 2.33. The van der Waals surface area contributed by atoms with Gasteiger partial charge in [-0.05, 0) is 25.1 Å². The Bertz CT molecular complexity index is 688. The van der Waals surface area contributed by atoms with Crippen LogP contribution in [0.3, 0.4) is 0 Å². The number of hydrogen-bond donors (Lipinski definition) is 1. The first-order chi connectivity index (χ1) is 10.6. The molecule has 116 valence electrons. The molecule has 0 amide bonds. The first-order valence-electron chi connectivity index (χ1n) is 6.50. The third kappa shape index (κ3) is 3.43. The molecule has 0 aliphatic rings. The van der Waals surface area contributed by atoms with Crippen LogP contribution in [0.5, 0.6) is 11.5 Å². The number of hydrogen-bond acceptors (Lipinski definition) is 7. The van der Waals surface area contributed by atoms with Crippen LogP contribution in [0.15, 0.2) is 24.3 Å². The monoisotopic (exact) mass is 303 g/mol. The summed E-state index contributed by atoms with van der Waals surface area (Å²) in [5.41, 5.74) is 1.45. The maximum atomic E-state index is 11.6. The second kappa shape index (κ2) is 6.75. The number of nitrogens with zero attached hydrogens (tertiary/aromatic N) is 2. The summed E-state index contributed by atoms with van der Waals surface area (Å²) in [6.07, 6.45) is 0. The van der Waals surface area contributed by atoms with E-state index in [1.54, 1.807) is 45.4 Å². The van der Waals surface area contributed by atoms with Crippen molar-refractivity contribution in [1.82, 2.24) is 9.97 Å². The van der Waals surface area contributed by atoms with Gasteiger partial charge >= 0.3 is 5.97 Å². The van der Waals surface area contributed by atoms with Gasteiger partial charge in [-0.15, -0.1) is 0 Å². The van der Waals surface area contributed by atoms with Gasteiger partial charge in [0, 0.05) is 11.8 Å². The normalized spacial score (nSPS) is 10.0. The van der Waals surface area contributed by atoms with Crippen molar-refractivity contribution in [2.75, 3.05) is 26.6 Å². The molecule has 2 rings (SSSR count). The summed E-state index contributed by atoms with van der Waals surface area (Å²) in [7, 11) is 4.44. The number of carbonyl (C=O) groups is 1. The average Bonchev–Trinajstić information content (AvgIpc) is 2.53. The van der Waals surface area contributed by atoms with E-state index in [-0.39, 0.29) is 11.6 Å². The lowest BCUT2D eigenvalue weighted by molar-refractivity contribution is 0.0594. The number of ether oxygens (including phenoxy) is 3. The van der Waals surface area contributed by atoms with Crippen LogP contribution in [0.2, 0.25) is 0 Å². The first kappa shape index (κ1) is 15.6. The van der Waals surface area contributed by atoms with E-state index in [1.807, 2.05) is 0 Å². The van der Waals surface area contributed by atoms with Crippen molar-refractivity contribution >= 4 is 17.6 Å². The number of aryl methyl sites for hydroxylation is 1. The van der Waals surface area contributed by atoms with Crippen LogP contribution < -0.4 is 14.8 Å². The van der Waals surface area contributed by atoms with Gasteiger partial charge in [0.25, 0.3) is 0 Å². The molecule has 0 radical (unpaired) electrons. The van der Waals surface area contributed by atoms with Gasteiger partial charge < -0.3 is 19.5 Å². The number of carbonyl (C=O) groups excluding carboxylic acids is 1. The van der Waals surface area contributed by atoms with E-state index in [4.69, 9.17) is 9.47 Å². The van der Waals surface area contributed by atoms with Crippen molar-refractivity contribution < 1.29 is 19.0 Å². The summed E-state index contributed by atoms with van der Waals surface area (Å²) in [5.74, 6) is 1.01. The standard InChI is InChI=1S/C15H17N3O4/c1-9-7-12(14(19)22-4)18-15(16-9)17-11-8-10(20-2)5-6-13(11)21-3/h5-8H,1-4H3,(H,16,17,18). The Labute approximate surface area is 128 Å². The molecule has 2 aromatic rings. The van der Waals surface area contributed by atoms with Crippen LogP contribution in [0.25, 0.3) is 0 Å². The molecule has 22 heavy (non-hydrogen) atoms. The van der Waals surface area contributed by atoms with E-state index in [1.165, 1.54) is 7.11 Å². The molecule has 7 nitrogen and oxygen atoms in total. The largest absolute Gasteiger partial charge is 0.497 e. The van der Waals surface area contributed by atoms with E-state index < -0.39 is 5.97 Å². The third-order valence-electron chi connectivity index (χ3n) is 2.90. The zero-order valence-corrected chi connectivity index (χ0v) is 12.8. The summed E-state index contributed by atoms with van der Waals surface area (Å²) in [4.78, 5) is 20.0. The summed E-state index contributed by atoms with van der Waals surface area (Å²) in [6, 6.07) is 6.85. The highest BCUT2D eigenvalue weighted by molar-refractivity contribution is 5.87. The fraction of sp³-hybridized carbons (Fsp3) is 0.267. The highest BCUT2D eigenvalue weighted by Gasteiger charge is 2.12. The lowest BCUT2D eigenvalue weighted by atomic mass is 10.2. The van der Waals surface area contributed by atoms with E-state index >= 15 is 0 Å². The second-order valence-corrected chi connectivity index (χ2v) is 4.40. The smallest absolute Gasteiger partial charge is 0.356 e. The van der Waals surface area contributed by atoms with Crippen LogP contribution in [-0.2, 0) is 4.74 Å². The second-order valence-electron chi connectivity index (χ2n) is 4.40. The van der Waals surface area contributed by atoms with Crippen LogP contribution in [-0.4, -0.2) is 37.3 Å². The summed E-state index contributed by atoms with van der Waals surface area (Å²) in [5, 5.41) is 3.02. The van der Waals surface area contributed by atoms with Crippen LogP contribution >= 0.6 is 0 Å². The van der Waals surface area contributed by atoms with Gasteiger partial charge in [-0.2, -0.15) is 0 Å². The Hall–Kier alpha value is -2.83. The molecule has 0 fully saturated rings. The molecular weight excluding hydrogens is 286 g/mol. The number of benzene rings is 1. The zero-order chi connectivity index (χ0) is 16.1. The maximum Gasteiger partial charge on any atom is 0.356 e. The van der Waals surface area contributed by atoms with Crippen molar-refractivity contribution in [3.63, 3.8) is 0 Å². The molecule has 0 aliphatic heterocycles. The lowest BCUT2D eigenvalue weighted by Gasteiger charge is -2.12. The quantitative estimate of drug-likeness (QED) is 0.849. The molecule has 0 spiro atoms. The topological polar surface area (TPSA) is 82.6 Å². The number of rotatable bonds is 5. The Balaban J connectivity index is 2.38. The number of aromatic nitrogens is 2. The van der Waals surface area contributed by atoms with E-state index in [2.05, 4.69) is 20.0 Å². The van der Waals surface area contributed by atoms with Gasteiger partial charge in [-0.3, -0.25) is 0 Å². The molecule has 7 heteroatoms. The Morgan fingerprint density at radius 2 is 1.86 bits per heavy atom. The molecule has 0 unspecified atom stereocenters. The third-order valence-corrected chi connectivity index (χ3v) is 2.90. The molecule has 0 saturated heterocycles. The summed E-state index contributed by atoms with van der Waals surface area (Å²) in [6.45, 7) is 1.77. The molecule has 0 saturated carbocycles. The van der Waals surface area contributed by atoms with Crippen molar-refractivity contribution in [2.45, 2.75) is 6.92 Å². The highest BCUT2D eigenvalue weighted by atomic mass is 16.5. The number of esters is 1. The minimum Gasteiger partial charge on any atom is -0.497 e. The van der Waals surface area contributed by atoms with Crippen LogP contribution in [0.1, 0.15) is 16.2 Å². The average molecular weight is 303 g/mol. The van der Waals surface area contributed by atoms with Gasteiger partial charge in [-0.25, -0.2) is 14.8 Å². The Morgan fingerprint density at radius 3 is 2.50 bits per heavy atom. The fourth-order valence-electron chi connectivity index (χ4n) is 1.87. The number of anilines is 2. The molecule has 0 atom stereocenters. The van der Waals surface area contributed by atoms with E-state index in [9.17, 15) is 4.79 Å². The van der Waals surface area contributed by atoms with Crippen LogP contribution in [0.4, 0.5) is 11.6 Å². The zero-order valence-electron chi connectivity index (χ0n) is 12.8. The summed E-state index contributed by atoms with van der Waals surface area (Å²) >= 11 is 0. The summed E-state index contributed by atoms with van der Waals surface area (Å²) < 4.78 is 15.1. The lowest BCUT2D eigenvalue weighted by Crippen LogP contribution is -2.09. The van der Waals surface area contributed by atoms with Crippen molar-refractivity contribution in [2.24, 2.45) is 0 Å². The number of nitrogens with one attached hydrogen (secondary N) is 1. The van der Waals surface area contributed by atoms with Gasteiger partial charge in [0.2, 0.25) is 5.95 Å². The Morgan fingerprint density at radius 1 is 1.09 bits per heavy atom. The van der Waals surface area contributed by atoms with Gasteiger partial charge in [0.1, 0.15) is 11.5 Å². The maximum absolute atomic E-state index is 11.6. The molecule has 0 aliphatic carbocycles. The molecule has 0 bridgehead atoms. The van der Waals surface area contributed by atoms with E-state index in [0.29, 0.717) is 22.9 Å². The molecule has 1 N–H and O–H groups in total. The van der Waals surface area contributed by atoms with Crippen molar-refractivity contribution in [3.8, 4) is 11.5 Å². The molecule has 1 aromatic carbocycles. The molecular formula is C15H17N3O4. The van der Waals surface area contributed by atoms with E-state index in [0.717, 1.165) is 0 Å². The van der Waals surface area contributed by atoms with Gasteiger partial charge in [-0.1, -0.05) is 0 Å². The van der Waals surface area contributed by atoms with Crippen molar-refractivity contribution in [1.29, 1.82) is 0 Å². The minimum atomic E-state index is -0.522. The predicted molar refractivity (Wildman–Crippen MR) is 80.9 cm³/mol. The molecule has 1 aromatic heterocycles. The first-order valence-corrected chi connectivity index (χ1v) is 6.50. The van der Waals surface area contributed by atoms with Crippen LogP contribution in [0, 0.1) is 6.92 Å². The molecule has 1 heterocycles. The SMILES string of the molecule is COC(=O)c1cc(C)nc(Nc2cc(OC)ccc2OC)n1. The highest BCUT2D eigenvalue weighted by Crippen LogP contribution is 2.30. The minimum absolute atomic E-state index is 0.180. The van der Waals surface area contributed by atoms with Gasteiger partial charge in [0.05, 0.1) is 27.0 Å². The number of methoxy groups -OCH3 is 3. The van der Waals surface area contributed by atoms with Gasteiger partial charge in [0.15, 0.2) is 5.69 Å². The Kier molecular flexibility index (Phi) is 4.77. The van der Waals surface area contributed by atoms with Crippen molar-refractivity contribution in [3.05, 3.63) is 35.7 Å². The fourth-order valence-corrected chi connectivity index (χ4v) is 1.87.